The minimum atomic E-state index is 0.891. The predicted molar refractivity (Wildman–Crippen MR) is 79.1 cm³/mol. The average molecular weight is 254 g/mol. The van der Waals surface area contributed by atoms with E-state index < -0.39 is 0 Å². The lowest BCUT2D eigenvalue weighted by atomic mass is 9.94. The number of nitrogens with zero attached hydrogens (tertiary/aromatic N) is 2. The summed E-state index contributed by atoms with van der Waals surface area (Å²) in [5.41, 5.74) is 0. The fraction of sp³-hybridized carbons (Fsp3) is 0.929. The number of likely N-dealkylation sites (tertiary alicyclic amines) is 1. The normalized spacial score (nSPS) is 18.9. The molecule has 4 nitrogen and oxygen atoms in total. The van der Waals surface area contributed by atoms with Crippen molar-refractivity contribution in [2.75, 3.05) is 39.8 Å². The van der Waals surface area contributed by atoms with E-state index in [4.69, 9.17) is 0 Å². The number of aliphatic imine (C=N–C) groups is 1. The summed E-state index contributed by atoms with van der Waals surface area (Å²) in [6.07, 6.45) is 5.07. The summed E-state index contributed by atoms with van der Waals surface area (Å²) < 4.78 is 0. The molecule has 2 N–H and O–H groups in total. The van der Waals surface area contributed by atoms with Gasteiger partial charge in [0.05, 0.1) is 0 Å². The van der Waals surface area contributed by atoms with Gasteiger partial charge in [-0.3, -0.25) is 4.99 Å². The van der Waals surface area contributed by atoms with Crippen LogP contribution in [0.1, 0.15) is 39.5 Å². The Bertz CT molecular complexity index is 232. The van der Waals surface area contributed by atoms with Gasteiger partial charge >= 0.3 is 0 Å². The standard InChI is InChI=1S/C14H30N4/c1-4-9-16-14(15-5-2)17-10-6-13-7-11-18(3)12-8-13/h13H,4-12H2,1-3H3,(H2,15,16,17). The third-order valence-corrected chi connectivity index (χ3v) is 3.52. The molecule has 0 amide bonds. The molecule has 18 heavy (non-hydrogen) atoms. The highest BCUT2D eigenvalue weighted by Gasteiger charge is 2.15. The topological polar surface area (TPSA) is 39.7 Å². The lowest BCUT2D eigenvalue weighted by molar-refractivity contribution is 0.213. The van der Waals surface area contributed by atoms with Gasteiger partial charge in [0.25, 0.3) is 0 Å². The molecule has 1 rings (SSSR count). The van der Waals surface area contributed by atoms with Crippen LogP contribution in [0.25, 0.3) is 0 Å². The fourth-order valence-corrected chi connectivity index (χ4v) is 2.31. The lowest BCUT2D eigenvalue weighted by Gasteiger charge is -2.29. The Labute approximate surface area is 112 Å². The maximum Gasteiger partial charge on any atom is 0.191 e. The highest BCUT2D eigenvalue weighted by atomic mass is 15.2. The van der Waals surface area contributed by atoms with Crippen LogP contribution in [0, 0.1) is 5.92 Å². The molecule has 0 aromatic rings. The summed E-state index contributed by atoms with van der Waals surface area (Å²) in [4.78, 5) is 6.94. The molecule has 1 heterocycles. The van der Waals surface area contributed by atoms with Crippen molar-refractivity contribution in [3.63, 3.8) is 0 Å². The molecular formula is C14H30N4. The summed E-state index contributed by atoms with van der Waals surface area (Å²) in [6, 6.07) is 0. The number of rotatable bonds is 6. The molecule has 0 spiro atoms. The summed E-state index contributed by atoms with van der Waals surface area (Å²) >= 11 is 0. The van der Waals surface area contributed by atoms with Crippen LogP contribution in [0.4, 0.5) is 0 Å². The second-order valence-electron chi connectivity index (χ2n) is 5.22. The van der Waals surface area contributed by atoms with Crippen molar-refractivity contribution in [3.05, 3.63) is 0 Å². The fourth-order valence-electron chi connectivity index (χ4n) is 2.31. The molecule has 0 bridgehead atoms. The first-order chi connectivity index (χ1) is 8.76. The van der Waals surface area contributed by atoms with Gasteiger partial charge in [-0.25, -0.2) is 0 Å². The SMILES string of the molecule is CCCN=C(NCC)NCCC1CCN(C)CC1. The number of piperidine rings is 1. The van der Waals surface area contributed by atoms with E-state index in [0.29, 0.717) is 0 Å². The minimum Gasteiger partial charge on any atom is -0.357 e. The monoisotopic (exact) mass is 254 g/mol. The van der Waals surface area contributed by atoms with Gasteiger partial charge in [-0.2, -0.15) is 0 Å². The summed E-state index contributed by atoms with van der Waals surface area (Å²) in [7, 11) is 2.22. The van der Waals surface area contributed by atoms with E-state index in [1.807, 2.05) is 0 Å². The number of nitrogens with one attached hydrogen (secondary N) is 2. The van der Waals surface area contributed by atoms with E-state index in [0.717, 1.165) is 37.9 Å². The number of hydrogen-bond acceptors (Lipinski definition) is 2. The van der Waals surface area contributed by atoms with Crippen molar-refractivity contribution in [3.8, 4) is 0 Å². The van der Waals surface area contributed by atoms with Crippen LogP contribution in [-0.2, 0) is 0 Å². The van der Waals surface area contributed by atoms with Gasteiger partial charge in [0.1, 0.15) is 0 Å². The zero-order chi connectivity index (χ0) is 13.2. The zero-order valence-corrected chi connectivity index (χ0v) is 12.3. The molecule has 1 aliphatic rings. The zero-order valence-electron chi connectivity index (χ0n) is 12.3. The van der Waals surface area contributed by atoms with Crippen LogP contribution in [0.3, 0.4) is 0 Å². The molecule has 0 aromatic carbocycles. The average Bonchev–Trinajstić information content (AvgIpc) is 2.38. The molecule has 0 aliphatic carbocycles. The van der Waals surface area contributed by atoms with E-state index in [2.05, 4.69) is 41.4 Å². The number of hydrogen-bond donors (Lipinski definition) is 2. The van der Waals surface area contributed by atoms with E-state index in [1.54, 1.807) is 0 Å². The molecule has 0 saturated carbocycles. The molecule has 1 saturated heterocycles. The van der Waals surface area contributed by atoms with Crippen LogP contribution in [0.5, 0.6) is 0 Å². The van der Waals surface area contributed by atoms with Gasteiger partial charge in [-0.1, -0.05) is 6.92 Å². The van der Waals surface area contributed by atoms with Gasteiger partial charge in [0.15, 0.2) is 5.96 Å². The van der Waals surface area contributed by atoms with Gasteiger partial charge in [0.2, 0.25) is 0 Å². The predicted octanol–water partition coefficient (Wildman–Crippen LogP) is 1.68. The second kappa shape index (κ2) is 9.20. The Balaban J connectivity index is 2.17. The molecule has 0 unspecified atom stereocenters. The third kappa shape index (κ3) is 6.24. The highest BCUT2D eigenvalue weighted by molar-refractivity contribution is 5.79. The first kappa shape index (κ1) is 15.3. The summed E-state index contributed by atoms with van der Waals surface area (Å²) in [5.74, 6) is 1.87. The van der Waals surface area contributed by atoms with Crippen molar-refractivity contribution in [1.82, 2.24) is 15.5 Å². The van der Waals surface area contributed by atoms with Gasteiger partial charge in [-0.05, 0) is 58.7 Å². The summed E-state index contributed by atoms with van der Waals surface area (Å²) in [6.45, 7) is 9.67. The molecule has 1 fully saturated rings. The van der Waals surface area contributed by atoms with Crippen molar-refractivity contribution in [1.29, 1.82) is 0 Å². The van der Waals surface area contributed by atoms with Crippen LogP contribution < -0.4 is 10.6 Å². The van der Waals surface area contributed by atoms with Crippen molar-refractivity contribution in [2.24, 2.45) is 10.9 Å². The Morgan fingerprint density at radius 2 is 1.94 bits per heavy atom. The largest absolute Gasteiger partial charge is 0.357 e. The quantitative estimate of drug-likeness (QED) is 0.560. The van der Waals surface area contributed by atoms with E-state index in [-0.39, 0.29) is 0 Å². The molecule has 4 heteroatoms. The van der Waals surface area contributed by atoms with Gasteiger partial charge < -0.3 is 15.5 Å². The smallest absolute Gasteiger partial charge is 0.191 e. The Hall–Kier alpha value is -0.770. The Morgan fingerprint density at radius 3 is 2.56 bits per heavy atom. The van der Waals surface area contributed by atoms with Crippen LogP contribution >= 0.6 is 0 Å². The van der Waals surface area contributed by atoms with Crippen molar-refractivity contribution < 1.29 is 0 Å². The van der Waals surface area contributed by atoms with Crippen LogP contribution in [0.15, 0.2) is 4.99 Å². The molecular weight excluding hydrogens is 224 g/mol. The third-order valence-electron chi connectivity index (χ3n) is 3.52. The first-order valence-electron chi connectivity index (χ1n) is 7.47. The summed E-state index contributed by atoms with van der Waals surface area (Å²) in [5, 5.41) is 6.73. The molecule has 106 valence electrons. The number of guanidine groups is 1. The van der Waals surface area contributed by atoms with E-state index in [9.17, 15) is 0 Å². The molecule has 0 radical (unpaired) electrons. The molecule has 0 aromatic heterocycles. The van der Waals surface area contributed by atoms with E-state index >= 15 is 0 Å². The van der Waals surface area contributed by atoms with E-state index in [1.165, 1.54) is 32.4 Å². The van der Waals surface area contributed by atoms with Crippen molar-refractivity contribution in [2.45, 2.75) is 39.5 Å². The Kier molecular flexibility index (Phi) is 7.81. The lowest BCUT2D eigenvalue weighted by Crippen LogP contribution is -2.39. The van der Waals surface area contributed by atoms with Crippen molar-refractivity contribution >= 4 is 5.96 Å². The first-order valence-corrected chi connectivity index (χ1v) is 7.47. The highest BCUT2D eigenvalue weighted by Crippen LogP contribution is 2.18. The van der Waals surface area contributed by atoms with Gasteiger partial charge in [0, 0.05) is 19.6 Å². The minimum absolute atomic E-state index is 0.891. The second-order valence-corrected chi connectivity index (χ2v) is 5.22. The molecule has 0 atom stereocenters. The molecule has 1 aliphatic heterocycles. The van der Waals surface area contributed by atoms with Gasteiger partial charge in [-0.15, -0.1) is 0 Å². The maximum atomic E-state index is 4.51. The van der Waals surface area contributed by atoms with Crippen LogP contribution in [-0.4, -0.2) is 50.6 Å². The Morgan fingerprint density at radius 1 is 1.22 bits per heavy atom. The van der Waals surface area contributed by atoms with Crippen LogP contribution in [0.2, 0.25) is 0 Å². The maximum absolute atomic E-state index is 4.51.